The third-order valence-corrected chi connectivity index (χ3v) is 4.73. The van der Waals surface area contributed by atoms with Crippen LogP contribution in [0.3, 0.4) is 0 Å². The number of carbonyl (C=O) groups is 1. The van der Waals surface area contributed by atoms with E-state index >= 15 is 0 Å². The average molecular weight is 354 g/mol. The van der Waals surface area contributed by atoms with Crippen molar-refractivity contribution in [2.24, 2.45) is 13.0 Å². The van der Waals surface area contributed by atoms with Crippen LogP contribution in [0.1, 0.15) is 29.0 Å². The number of imidazole rings is 1. The maximum Gasteiger partial charge on any atom is 0.202 e. The minimum Gasteiger partial charge on any atom is -0.332 e. The second-order valence-corrected chi connectivity index (χ2v) is 6.53. The number of aromatic nitrogens is 2. The van der Waals surface area contributed by atoms with Crippen LogP contribution in [0, 0.1) is 17.6 Å². The molecule has 1 atom stereocenters. The van der Waals surface area contributed by atoms with Crippen molar-refractivity contribution >= 4 is 17.4 Å². The molecule has 128 valence electrons. The highest BCUT2D eigenvalue weighted by atomic mass is 35.5. The summed E-state index contributed by atoms with van der Waals surface area (Å²) in [5.74, 6) is -1.17. The molecular weight excluding hydrogens is 336 g/mol. The number of hydrogen-bond acceptors (Lipinski definition) is 3. The minimum absolute atomic E-state index is 0.0285. The van der Waals surface area contributed by atoms with Crippen molar-refractivity contribution in [1.29, 1.82) is 0 Å². The molecule has 0 bridgehead atoms. The molecule has 2 aromatic rings. The van der Waals surface area contributed by atoms with Gasteiger partial charge in [0.2, 0.25) is 5.78 Å². The lowest BCUT2D eigenvalue weighted by Crippen LogP contribution is -2.39. The number of rotatable bonds is 4. The zero-order valence-corrected chi connectivity index (χ0v) is 14.1. The lowest BCUT2D eigenvalue weighted by Gasteiger charge is -2.32. The van der Waals surface area contributed by atoms with E-state index in [1.807, 2.05) is 4.90 Å². The monoisotopic (exact) mass is 353 g/mol. The van der Waals surface area contributed by atoms with Gasteiger partial charge in [-0.1, -0.05) is 11.6 Å². The van der Waals surface area contributed by atoms with Crippen LogP contribution in [-0.2, 0) is 13.6 Å². The van der Waals surface area contributed by atoms with Crippen molar-refractivity contribution in [2.45, 2.75) is 19.4 Å². The van der Waals surface area contributed by atoms with E-state index in [2.05, 4.69) is 4.98 Å². The highest BCUT2D eigenvalue weighted by molar-refractivity contribution is 6.30. The SMILES string of the molecule is Cn1ccnc1C(=O)[C@@H]1CCCN(Cc2c(F)ccc(Cl)c2F)C1. The molecule has 1 aromatic carbocycles. The quantitative estimate of drug-likeness (QED) is 0.624. The fraction of sp³-hybridized carbons (Fsp3) is 0.412. The number of halogens is 3. The van der Waals surface area contributed by atoms with E-state index in [0.29, 0.717) is 18.9 Å². The van der Waals surface area contributed by atoms with Crippen LogP contribution in [0.25, 0.3) is 0 Å². The van der Waals surface area contributed by atoms with E-state index in [1.54, 1.807) is 24.0 Å². The molecule has 1 aliphatic rings. The van der Waals surface area contributed by atoms with E-state index in [-0.39, 0.29) is 28.8 Å². The molecule has 0 N–H and O–H groups in total. The van der Waals surface area contributed by atoms with Crippen molar-refractivity contribution < 1.29 is 13.6 Å². The molecule has 0 saturated carbocycles. The summed E-state index contributed by atoms with van der Waals surface area (Å²) >= 11 is 5.74. The van der Waals surface area contributed by atoms with Crippen LogP contribution in [-0.4, -0.2) is 33.3 Å². The zero-order chi connectivity index (χ0) is 17.3. The molecule has 0 amide bonds. The summed E-state index contributed by atoms with van der Waals surface area (Å²) in [4.78, 5) is 18.6. The van der Waals surface area contributed by atoms with Crippen molar-refractivity contribution in [2.75, 3.05) is 13.1 Å². The van der Waals surface area contributed by atoms with E-state index in [4.69, 9.17) is 11.6 Å². The van der Waals surface area contributed by atoms with Gasteiger partial charge < -0.3 is 4.57 Å². The molecule has 4 nitrogen and oxygen atoms in total. The molecule has 3 rings (SSSR count). The van der Waals surface area contributed by atoms with E-state index < -0.39 is 11.6 Å². The summed E-state index contributed by atoms with van der Waals surface area (Å²) < 4.78 is 29.7. The molecule has 1 aliphatic heterocycles. The average Bonchev–Trinajstić information content (AvgIpc) is 3.01. The molecule has 0 spiro atoms. The standard InChI is InChI=1S/C17H18ClF2N3O/c1-22-8-6-21-17(22)16(24)11-3-2-7-23(9-11)10-12-14(19)5-4-13(18)15(12)20/h4-6,8,11H,2-3,7,9-10H2,1H3/t11-/m1/s1. The smallest absolute Gasteiger partial charge is 0.202 e. The van der Waals surface area contributed by atoms with E-state index in [0.717, 1.165) is 12.8 Å². The Labute approximate surface area is 144 Å². The number of Topliss-reactive ketones (excluding diaryl/α,β-unsaturated/α-hetero) is 1. The number of carbonyl (C=O) groups excluding carboxylic acids is 1. The second-order valence-electron chi connectivity index (χ2n) is 6.12. The van der Waals surface area contributed by atoms with Gasteiger partial charge in [-0.3, -0.25) is 9.69 Å². The van der Waals surface area contributed by atoms with Crippen LogP contribution < -0.4 is 0 Å². The molecule has 1 fully saturated rings. The van der Waals surface area contributed by atoms with Gasteiger partial charge in [0, 0.05) is 44.0 Å². The lowest BCUT2D eigenvalue weighted by atomic mass is 9.93. The predicted octanol–water partition coefficient (Wildman–Crippen LogP) is 3.45. The number of aryl methyl sites for hydroxylation is 1. The van der Waals surface area contributed by atoms with Gasteiger partial charge in [-0.15, -0.1) is 0 Å². The molecule has 0 aliphatic carbocycles. The maximum atomic E-state index is 14.1. The van der Waals surface area contributed by atoms with Gasteiger partial charge in [-0.05, 0) is 31.5 Å². The first-order valence-corrected chi connectivity index (χ1v) is 8.21. The fourth-order valence-corrected chi connectivity index (χ4v) is 3.31. The van der Waals surface area contributed by atoms with Crippen molar-refractivity contribution in [3.63, 3.8) is 0 Å². The number of piperidine rings is 1. The van der Waals surface area contributed by atoms with Gasteiger partial charge in [0.1, 0.15) is 11.6 Å². The molecular formula is C17H18ClF2N3O. The number of ketones is 1. The Morgan fingerprint density at radius 3 is 2.92 bits per heavy atom. The fourth-order valence-electron chi connectivity index (χ4n) is 3.14. The van der Waals surface area contributed by atoms with Crippen LogP contribution in [0.2, 0.25) is 5.02 Å². The van der Waals surface area contributed by atoms with Gasteiger partial charge in [-0.2, -0.15) is 0 Å². The Morgan fingerprint density at radius 2 is 2.21 bits per heavy atom. The van der Waals surface area contributed by atoms with Crippen molar-refractivity contribution in [1.82, 2.24) is 14.5 Å². The van der Waals surface area contributed by atoms with Gasteiger partial charge >= 0.3 is 0 Å². The summed E-state index contributed by atoms with van der Waals surface area (Å²) in [5, 5.41) is -0.0935. The van der Waals surface area contributed by atoms with Gasteiger partial charge in [-0.25, -0.2) is 13.8 Å². The summed E-state index contributed by atoms with van der Waals surface area (Å²) in [6.07, 6.45) is 4.86. The Hall–Kier alpha value is -1.79. The highest BCUT2D eigenvalue weighted by Gasteiger charge is 2.29. The topological polar surface area (TPSA) is 38.1 Å². The van der Waals surface area contributed by atoms with Crippen LogP contribution in [0.5, 0.6) is 0 Å². The zero-order valence-electron chi connectivity index (χ0n) is 13.3. The summed E-state index contributed by atoms with van der Waals surface area (Å²) in [5.41, 5.74) is -0.0485. The number of hydrogen-bond donors (Lipinski definition) is 0. The second kappa shape index (κ2) is 6.99. The molecule has 0 unspecified atom stereocenters. The summed E-state index contributed by atoms with van der Waals surface area (Å²) in [6.45, 7) is 1.25. The highest BCUT2D eigenvalue weighted by Crippen LogP contribution is 2.26. The van der Waals surface area contributed by atoms with Crippen molar-refractivity contribution in [3.05, 3.63) is 52.6 Å². The Kier molecular flexibility index (Phi) is 4.96. The summed E-state index contributed by atoms with van der Waals surface area (Å²) in [7, 11) is 1.78. The number of benzene rings is 1. The lowest BCUT2D eigenvalue weighted by molar-refractivity contribution is 0.0795. The molecule has 2 heterocycles. The summed E-state index contributed by atoms with van der Waals surface area (Å²) in [6, 6.07) is 2.38. The first-order valence-electron chi connectivity index (χ1n) is 7.83. The first-order chi connectivity index (χ1) is 11.5. The normalized spacial score (nSPS) is 18.8. The molecule has 24 heavy (non-hydrogen) atoms. The molecule has 0 radical (unpaired) electrons. The van der Waals surface area contributed by atoms with Crippen LogP contribution in [0.15, 0.2) is 24.5 Å². The minimum atomic E-state index is -0.728. The predicted molar refractivity (Wildman–Crippen MR) is 86.9 cm³/mol. The number of nitrogens with zero attached hydrogens (tertiary/aromatic N) is 3. The first kappa shape index (κ1) is 17.0. The van der Waals surface area contributed by atoms with E-state index in [9.17, 15) is 13.6 Å². The molecule has 1 aromatic heterocycles. The number of likely N-dealkylation sites (tertiary alicyclic amines) is 1. The third-order valence-electron chi connectivity index (χ3n) is 4.44. The maximum absolute atomic E-state index is 14.1. The largest absolute Gasteiger partial charge is 0.332 e. The Balaban J connectivity index is 1.74. The molecule has 1 saturated heterocycles. The van der Waals surface area contributed by atoms with Crippen LogP contribution >= 0.6 is 11.6 Å². The molecule has 7 heteroatoms. The van der Waals surface area contributed by atoms with Gasteiger partial charge in [0.15, 0.2) is 5.82 Å². The van der Waals surface area contributed by atoms with E-state index in [1.165, 1.54) is 12.1 Å². The van der Waals surface area contributed by atoms with Crippen molar-refractivity contribution in [3.8, 4) is 0 Å². The van der Waals surface area contributed by atoms with Crippen LogP contribution in [0.4, 0.5) is 8.78 Å². The Morgan fingerprint density at radius 1 is 1.42 bits per heavy atom. The van der Waals surface area contributed by atoms with Gasteiger partial charge in [0.05, 0.1) is 5.02 Å². The Bertz CT molecular complexity index is 762. The van der Waals surface area contributed by atoms with Gasteiger partial charge in [0.25, 0.3) is 0 Å². The third kappa shape index (κ3) is 3.35.